The molecule has 0 bridgehead atoms. The van der Waals surface area contributed by atoms with Crippen LogP contribution in [0, 0.1) is 0 Å². The van der Waals surface area contributed by atoms with E-state index in [1.807, 2.05) is 42.5 Å². The molecule has 0 radical (unpaired) electrons. The van der Waals surface area contributed by atoms with Crippen molar-refractivity contribution in [2.75, 3.05) is 18.8 Å². The van der Waals surface area contributed by atoms with E-state index in [9.17, 15) is 8.42 Å². The molecular weight excluding hydrogens is 308 g/mol. The monoisotopic (exact) mass is 330 g/mol. The average molecular weight is 330 g/mol. The van der Waals surface area contributed by atoms with Crippen molar-refractivity contribution >= 4 is 10.0 Å². The number of fused-ring (bicyclic) bond motifs is 1. The molecule has 1 aliphatic rings. The lowest BCUT2D eigenvalue weighted by Gasteiger charge is -2.27. The number of sulfonamides is 1. The summed E-state index contributed by atoms with van der Waals surface area (Å²) in [6.07, 6.45) is 1.53. The number of aryl methyl sites for hydroxylation is 1. The minimum Gasteiger partial charge on any atom is -0.308 e. The van der Waals surface area contributed by atoms with E-state index < -0.39 is 10.0 Å². The van der Waals surface area contributed by atoms with Gasteiger partial charge >= 0.3 is 0 Å². The fourth-order valence-corrected chi connectivity index (χ4v) is 4.02. The first kappa shape index (κ1) is 16.2. The molecule has 1 unspecified atom stereocenters. The van der Waals surface area contributed by atoms with Crippen LogP contribution in [0.15, 0.2) is 54.6 Å². The van der Waals surface area contributed by atoms with Crippen LogP contribution in [0.25, 0.3) is 0 Å². The molecule has 4 nitrogen and oxygen atoms in total. The molecule has 3 rings (SSSR count). The first-order valence-electron chi connectivity index (χ1n) is 7.96. The SMILES string of the molecule is O=S(=O)(CCc1ccccc1)NCC1NCCc2ccccc21. The lowest BCUT2D eigenvalue weighted by molar-refractivity contribution is 0.491. The Kier molecular flexibility index (Phi) is 5.10. The lowest BCUT2D eigenvalue weighted by atomic mass is 9.95. The van der Waals surface area contributed by atoms with Gasteiger partial charge in [-0.25, -0.2) is 13.1 Å². The molecular formula is C18H22N2O2S. The van der Waals surface area contributed by atoms with Gasteiger partial charge in [0.25, 0.3) is 0 Å². The third-order valence-electron chi connectivity index (χ3n) is 4.23. The van der Waals surface area contributed by atoms with Gasteiger partial charge in [-0.05, 0) is 36.1 Å². The standard InChI is InChI=1S/C18H22N2O2S/c21-23(22,13-11-15-6-2-1-3-7-15)20-14-18-17-9-5-4-8-16(17)10-12-19-18/h1-9,18-20H,10-14H2. The third kappa shape index (κ3) is 4.41. The summed E-state index contributed by atoms with van der Waals surface area (Å²) in [5.41, 5.74) is 3.54. The lowest BCUT2D eigenvalue weighted by Crippen LogP contribution is -2.39. The molecule has 2 aromatic carbocycles. The van der Waals surface area contributed by atoms with Crippen molar-refractivity contribution in [1.29, 1.82) is 0 Å². The van der Waals surface area contributed by atoms with Crippen LogP contribution in [-0.2, 0) is 22.9 Å². The molecule has 2 aromatic rings. The smallest absolute Gasteiger partial charge is 0.211 e. The van der Waals surface area contributed by atoms with Gasteiger partial charge in [-0.2, -0.15) is 0 Å². The Morgan fingerprint density at radius 1 is 1.04 bits per heavy atom. The zero-order valence-electron chi connectivity index (χ0n) is 13.0. The minimum absolute atomic E-state index is 0.0476. The third-order valence-corrected chi connectivity index (χ3v) is 5.57. The van der Waals surface area contributed by atoms with E-state index in [4.69, 9.17) is 0 Å². The van der Waals surface area contributed by atoms with Gasteiger partial charge in [0.15, 0.2) is 0 Å². The van der Waals surface area contributed by atoms with E-state index in [0.717, 1.165) is 18.5 Å². The first-order valence-corrected chi connectivity index (χ1v) is 9.62. The second-order valence-electron chi connectivity index (χ2n) is 5.86. The van der Waals surface area contributed by atoms with Crippen LogP contribution < -0.4 is 10.0 Å². The van der Waals surface area contributed by atoms with Gasteiger partial charge in [0.1, 0.15) is 0 Å². The molecule has 23 heavy (non-hydrogen) atoms. The maximum Gasteiger partial charge on any atom is 0.211 e. The quantitative estimate of drug-likeness (QED) is 0.852. The van der Waals surface area contributed by atoms with Crippen LogP contribution in [0.4, 0.5) is 0 Å². The molecule has 2 N–H and O–H groups in total. The van der Waals surface area contributed by atoms with E-state index in [2.05, 4.69) is 22.2 Å². The summed E-state index contributed by atoms with van der Waals surface area (Å²) in [4.78, 5) is 0. The Morgan fingerprint density at radius 2 is 1.78 bits per heavy atom. The van der Waals surface area contributed by atoms with Crippen molar-refractivity contribution in [3.05, 3.63) is 71.3 Å². The Morgan fingerprint density at radius 3 is 2.61 bits per heavy atom. The molecule has 0 spiro atoms. The summed E-state index contributed by atoms with van der Waals surface area (Å²) in [5.74, 6) is 0.116. The van der Waals surface area contributed by atoms with Crippen LogP contribution in [0.2, 0.25) is 0 Å². The fraction of sp³-hybridized carbons (Fsp3) is 0.333. The topological polar surface area (TPSA) is 58.2 Å². The van der Waals surface area contributed by atoms with Crippen LogP contribution in [0.5, 0.6) is 0 Å². The van der Waals surface area contributed by atoms with E-state index in [1.54, 1.807) is 0 Å². The number of rotatable bonds is 6. The van der Waals surface area contributed by atoms with E-state index in [1.165, 1.54) is 11.1 Å². The molecule has 0 aliphatic carbocycles. The second-order valence-corrected chi connectivity index (χ2v) is 7.78. The van der Waals surface area contributed by atoms with Gasteiger partial charge in [-0.1, -0.05) is 54.6 Å². The van der Waals surface area contributed by atoms with Gasteiger partial charge in [-0.3, -0.25) is 0 Å². The molecule has 1 heterocycles. The van der Waals surface area contributed by atoms with Gasteiger partial charge in [0.2, 0.25) is 10.0 Å². The number of benzene rings is 2. The number of hydrogen-bond donors (Lipinski definition) is 2. The molecule has 0 aromatic heterocycles. The second kappa shape index (κ2) is 7.25. The summed E-state index contributed by atoms with van der Waals surface area (Å²) in [6, 6.07) is 18.0. The maximum atomic E-state index is 12.2. The molecule has 0 saturated carbocycles. The summed E-state index contributed by atoms with van der Waals surface area (Å²) in [7, 11) is -3.27. The van der Waals surface area contributed by atoms with Crippen LogP contribution in [0.3, 0.4) is 0 Å². The molecule has 0 amide bonds. The Hall–Kier alpha value is -1.69. The number of hydrogen-bond acceptors (Lipinski definition) is 3. The van der Waals surface area contributed by atoms with Crippen LogP contribution in [0.1, 0.15) is 22.7 Å². The van der Waals surface area contributed by atoms with Crippen LogP contribution in [-0.4, -0.2) is 27.3 Å². The van der Waals surface area contributed by atoms with Crippen molar-refractivity contribution in [2.45, 2.75) is 18.9 Å². The summed E-state index contributed by atoms with van der Waals surface area (Å²) < 4.78 is 27.2. The fourth-order valence-electron chi connectivity index (χ4n) is 2.95. The molecule has 0 fully saturated rings. The Balaban J connectivity index is 1.57. The normalized spacial score (nSPS) is 17.7. The number of nitrogens with one attached hydrogen (secondary N) is 2. The van der Waals surface area contributed by atoms with Gasteiger partial charge in [0, 0.05) is 12.6 Å². The average Bonchev–Trinajstić information content (AvgIpc) is 2.59. The Labute approximate surface area is 138 Å². The van der Waals surface area contributed by atoms with E-state index in [-0.39, 0.29) is 11.8 Å². The molecule has 1 atom stereocenters. The highest BCUT2D eigenvalue weighted by Crippen LogP contribution is 2.22. The summed E-state index contributed by atoms with van der Waals surface area (Å²) in [6.45, 7) is 1.28. The van der Waals surface area contributed by atoms with E-state index in [0.29, 0.717) is 13.0 Å². The molecule has 122 valence electrons. The van der Waals surface area contributed by atoms with Crippen molar-refractivity contribution < 1.29 is 8.42 Å². The molecule has 5 heteroatoms. The summed E-state index contributed by atoms with van der Waals surface area (Å²) in [5, 5.41) is 3.39. The molecule has 1 aliphatic heterocycles. The van der Waals surface area contributed by atoms with Gasteiger partial charge in [-0.15, -0.1) is 0 Å². The van der Waals surface area contributed by atoms with E-state index >= 15 is 0 Å². The van der Waals surface area contributed by atoms with Gasteiger partial charge in [0.05, 0.1) is 5.75 Å². The zero-order valence-corrected chi connectivity index (χ0v) is 13.9. The minimum atomic E-state index is -3.27. The highest BCUT2D eigenvalue weighted by molar-refractivity contribution is 7.89. The van der Waals surface area contributed by atoms with Gasteiger partial charge < -0.3 is 5.32 Å². The van der Waals surface area contributed by atoms with Crippen molar-refractivity contribution in [2.24, 2.45) is 0 Å². The highest BCUT2D eigenvalue weighted by Gasteiger charge is 2.21. The van der Waals surface area contributed by atoms with Crippen molar-refractivity contribution in [3.8, 4) is 0 Å². The van der Waals surface area contributed by atoms with Crippen molar-refractivity contribution in [1.82, 2.24) is 10.0 Å². The first-order chi connectivity index (χ1) is 11.1. The maximum absolute atomic E-state index is 12.2. The van der Waals surface area contributed by atoms with Crippen molar-refractivity contribution in [3.63, 3.8) is 0 Å². The largest absolute Gasteiger partial charge is 0.308 e. The highest BCUT2D eigenvalue weighted by atomic mass is 32.2. The predicted octanol–water partition coefficient (Wildman–Crippen LogP) is 2.04. The molecule has 0 saturated heterocycles. The predicted molar refractivity (Wildman–Crippen MR) is 92.8 cm³/mol. The Bertz CT molecular complexity index is 745. The summed E-state index contributed by atoms with van der Waals surface area (Å²) >= 11 is 0. The van der Waals surface area contributed by atoms with Crippen LogP contribution >= 0.6 is 0 Å². The zero-order chi connectivity index (χ0) is 16.1.